The van der Waals surface area contributed by atoms with Crippen LogP contribution in [0.2, 0.25) is 0 Å². The van der Waals surface area contributed by atoms with Crippen LogP contribution in [0.4, 0.5) is 5.69 Å². The number of hydrogen-bond donors (Lipinski definition) is 1. The van der Waals surface area contributed by atoms with E-state index in [4.69, 9.17) is 0 Å². The minimum Gasteiger partial charge on any atom is -0.382 e. The van der Waals surface area contributed by atoms with Gasteiger partial charge in [-0.25, -0.2) is 0 Å². The van der Waals surface area contributed by atoms with Gasteiger partial charge in [0.15, 0.2) is 0 Å². The Labute approximate surface area is 109 Å². The van der Waals surface area contributed by atoms with Gasteiger partial charge in [-0.1, -0.05) is 26.0 Å². The lowest BCUT2D eigenvalue weighted by Crippen LogP contribution is -2.18. The summed E-state index contributed by atoms with van der Waals surface area (Å²) < 4.78 is 1.92. The van der Waals surface area contributed by atoms with E-state index >= 15 is 0 Å². The van der Waals surface area contributed by atoms with Gasteiger partial charge in [0.1, 0.15) is 0 Å². The quantitative estimate of drug-likeness (QED) is 0.826. The Morgan fingerprint density at radius 2 is 2.22 bits per heavy atom. The minimum absolute atomic E-state index is 0.480. The number of hydrogen-bond acceptors (Lipinski definition) is 2. The highest BCUT2D eigenvalue weighted by molar-refractivity contribution is 5.47. The molecule has 1 saturated carbocycles. The van der Waals surface area contributed by atoms with E-state index in [0.29, 0.717) is 5.92 Å². The lowest BCUT2D eigenvalue weighted by atomic mass is 9.93. The molecule has 98 valence electrons. The van der Waals surface area contributed by atoms with E-state index in [1.165, 1.54) is 24.2 Å². The van der Waals surface area contributed by atoms with E-state index in [1.54, 1.807) is 0 Å². The Hall–Kier alpha value is -1.25. The van der Waals surface area contributed by atoms with Crippen molar-refractivity contribution >= 4 is 5.69 Å². The molecule has 18 heavy (non-hydrogen) atoms. The van der Waals surface area contributed by atoms with Crippen LogP contribution in [0.5, 0.6) is 0 Å². The normalized spacial score (nSPS) is 29.4. The lowest BCUT2D eigenvalue weighted by Gasteiger charge is -2.19. The molecule has 2 aliphatic rings. The van der Waals surface area contributed by atoms with E-state index in [1.807, 2.05) is 11.7 Å². The van der Waals surface area contributed by atoms with Crippen LogP contribution in [0.1, 0.15) is 38.3 Å². The Balaban J connectivity index is 1.65. The van der Waals surface area contributed by atoms with Crippen molar-refractivity contribution < 1.29 is 0 Å². The van der Waals surface area contributed by atoms with Crippen molar-refractivity contribution in [2.75, 3.05) is 11.9 Å². The number of aryl methyl sites for hydroxylation is 1. The molecule has 0 aliphatic heterocycles. The van der Waals surface area contributed by atoms with E-state index in [2.05, 4.69) is 42.6 Å². The number of nitrogens with one attached hydrogen (secondary N) is 1. The largest absolute Gasteiger partial charge is 0.382 e. The molecule has 3 rings (SSSR count). The molecule has 1 aromatic rings. The zero-order valence-corrected chi connectivity index (χ0v) is 11.6. The first-order chi connectivity index (χ1) is 8.63. The maximum Gasteiger partial charge on any atom is 0.0881 e. The van der Waals surface area contributed by atoms with Gasteiger partial charge >= 0.3 is 0 Å². The minimum atomic E-state index is 0.480. The first-order valence-corrected chi connectivity index (χ1v) is 7.09. The maximum atomic E-state index is 4.54. The summed E-state index contributed by atoms with van der Waals surface area (Å²) in [6.07, 6.45) is 9.69. The van der Waals surface area contributed by atoms with Crippen molar-refractivity contribution in [2.45, 2.75) is 32.6 Å². The predicted molar refractivity (Wildman–Crippen MR) is 74.6 cm³/mol. The highest BCUT2D eigenvalue weighted by Gasteiger charge is 2.35. The number of nitrogens with zero attached hydrogens (tertiary/aromatic N) is 2. The number of aromatic nitrogens is 2. The van der Waals surface area contributed by atoms with Crippen LogP contribution >= 0.6 is 0 Å². The molecular formula is C15H23N3. The van der Waals surface area contributed by atoms with Crippen LogP contribution in [0.25, 0.3) is 0 Å². The van der Waals surface area contributed by atoms with Crippen LogP contribution in [0.3, 0.4) is 0 Å². The molecule has 1 N–H and O–H groups in total. The second-order valence-electron chi connectivity index (χ2n) is 6.18. The third kappa shape index (κ3) is 2.06. The Bertz CT molecular complexity index is 458. The van der Waals surface area contributed by atoms with E-state index in [-0.39, 0.29) is 0 Å². The second-order valence-corrected chi connectivity index (χ2v) is 6.18. The molecule has 3 atom stereocenters. The first-order valence-electron chi connectivity index (χ1n) is 7.09. The fraction of sp³-hybridized carbons (Fsp3) is 0.667. The lowest BCUT2D eigenvalue weighted by molar-refractivity contribution is 0.471. The van der Waals surface area contributed by atoms with Crippen molar-refractivity contribution in [3.05, 3.63) is 24.0 Å². The maximum absolute atomic E-state index is 4.54. The number of fused-ring (bicyclic) bond motifs is 2. The smallest absolute Gasteiger partial charge is 0.0881 e. The van der Waals surface area contributed by atoms with Crippen LogP contribution in [0, 0.1) is 17.8 Å². The topological polar surface area (TPSA) is 29.9 Å². The zero-order valence-electron chi connectivity index (χ0n) is 11.6. The van der Waals surface area contributed by atoms with Gasteiger partial charge in [0.2, 0.25) is 0 Å². The fourth-order valence-corrected chi connectivity index (χ4v) is 3.44. The Morgan fingerprint density at radius 3 is 2.83 bits per heavy atom. The van der Waals surface area contributed by atoms with Gasteiger partial charge in [-0.2, -0.15) is 5.10 Å². The average Bonchev–Trinajstić information content (AvgIpc) is 3.00. The monoisotopic (exact) mass is 245 g/mol. The summed E-state index contributed by atoms with van der Waals surface area (Å²) in [5, 5.41) is 8.17. The van der Waals surface area contributed by atoms with Crippen molar-refractivity contribution in [3.8, 4) is 0 Å². The van der Waals surface area contributed by atoms with Crippen molar-refractivity contribution in [1.82, 2.24) is 9.78 Å². The third-order valence-corrected chi connectivity index (χ3v) is 4.38. The number of rotatable bonds is 4. The molecule has 1 aromatic heterocycles. The van der Waals surface area contributed by atoms with E-state index in [0.717, 1.165) is 24.3 Å². The van der Waals surface area contributed by atoms with Gasteiger partial charge < -0.3 is 5.32 Å². The summed E-state index contributed by atoms with van der Waals surface area (Å²) in [6.45, 7) is 5.50. The Morgan fingerprint density at radius 1 is 1.39 bits per heavy atom. The van der Waals surface area contributed by atoms with Crippen LogP contribution < -0.4 is 5.32 Å². The van der Waals surface area contributed by atoms with Gasteiger partial charge in [-0.3, -0.25) is 4.68 Å². The second kappa shape index (κ2) is 4.45. The molecule has 2 aliphatic carbocycles. The SMILES string of the molecule is CC(C)c1nn(C)cc1NCC1CC2C=CC1C2. The van der Waals surface area contributed by atoms with Crippen LogP contribution in [-0.2, 0) is 7.05 Å². The molecule has 1 fully saturated rings. The van der Waals surface area contributed by atoms with Crippen LogP contribution in [0.15, 0.2) is 18.3 Å². The molecule has 3 heteroatoms. The molecule has 0 spiro atoms. The summed E-state index contributed by atoms with van der Waals surface area (Å²) >= 11 is 0. The predicted octanol–water partition coefficient (Wildman–Crippen LogP) is 3.17. The van der Waals surface area contributed by atoms with Crippen molar-refractivity contribution in [1.29, 1.82) is 0 Å². The molecule has 3 nitrogen and oxygen atoms in total. The molecular weight excluding hydrogens is 222 g/mol. The molecule has 0 aromatic carbocycles. The van der Waals surface area contributed by atoms with E-state index < -0.39 is 0 Å². The first kappa shape index (κ1) is 11.8. The Kier molecular flexibility index (Phi) is 2.92. The van der Waals surface area contributed by atoms with Gasteiger partial charge in [-0.05, 0) is 36.5 Å². The average molecular weight is 245 g/mol. The number of anilines is 1. The van der Waals surface area contributed by atoms with Gasteiger partial charge in [0.05, 0.1) is 11.4 Å². The van der Waals surface area contributed by atoms with Crippen molar-refractivity contribution in [2.24, 2.45) is 24.8 Å². The number of allylic oxidation sites excluding steroid dienone is 2. The van der Waals surface area contributed by atoms with Gasteiger partial charge in [0.25, 0.3) is 0 Å². The van der Waals surface area contributed by atoms with Crippen LogP contribution in [-0.4, -0.2) is 16.3 Å². The van der Waals surface area contributed by atoms with Crippen molar-refractivity contribution in [3.63, 3.8) is 0 Å². The molecule has 0 radical (unpaired) electrons. The summed E-state index contributed by atoms with van der Waals surface area (Å²) in [4.78, 5) is 0. The molecule has 2 bridgehead atoms. The zero-order chi connectivity index (χ0) is 12.7. The van der Waals surface area contributed by atoms with Gasteiger partial charge in [0, 0.05) is 19.8 Å². The molecule has 3 unspecified atom stereocenters. The highest BCUT2D eigenvalue weighted by atomic mass is 15.3. The summed E-state index contributed by atoms with van der Waals surface area (Å²) in [6, 6.07) is 0. The fourth-order valence-electron chi connectivity index (χ4n) is 3.44. The third-order valence-electron chi connectivity index (χ3n) is 4.38. The summed E-state index contributed by atoms with van der Waals surface area (Å²) in [5.41, 5.74) is 2.41. The summed E-state index contributed by atoms with van der Waals surface area (Å²) in [5.74, 6) is 2.98. The van der Waals surface area contributed by atoms with E-state index in [9.17, 15) is 0 Å². The summed E-state index contributed by atoms with van der Waals surface area (Å²) in [7, 11) is 2.00. The molecule has 1 heterocycles. The van der Waals surface area contributed by atoms with Gasteiger partial charge in [-0.15, -0.1) is 0 Å². The standard InChI is InChI=1S/C15H23N3/c1-10(2)15-14(9-18(3)17-15)16-8-13-7-11-4-5-12(13)6-11/h4-5,9-13,16H,6-8H2,1-3H3. The molecule has 0 saturated heterocycles. The molecule has 0 amide bonds. The highest BCUT2D eigenvalue weighted by Crippen LogP contribution is 2.43.